The van der Waals surface area contributed by atoms with Crippen molar-refractivity contribution in [2.75, 3.05) is 13.1 Å². The molecular weight excluding hydrogens is 378 g/mol. The molecule has 0 spiro atoms. The van der Waals surface area contributed by atoms with Gasteiger partial charge in [0.2, 0.25) is 0 Å². The maximum Gasteiger partial charge on any atom is 0.404 e. The molecule has 1 aromatic carbocycles. The monoisotopic (exact) mass is 405 g/mol. The molecule has 0 saturated carbocycles. The van der Waals surface area contributed by atoms with Crippen LogP contribution >= 0.6 is 0 Å². The maximum atomic E-state index is 12.7. The van der Waals surface area contributed by atoms with Crippen molar-refractivity contribution in [2.45, 2.75) is 39.7 Å². The highest BCUT2D eigenvalue weighted by atomic mass is 16.4. The molecule has 9 nitrogen and oxygen atoms in total. The molecule has 0 saturated heterocycles. The van der Waals surface area contributed by atoms with Crippen molar-refractivity contribution >= 4 is 24.0 Å². The summed E-state index contributed by atoms with van der Waals surface area (Å²) in [7, 11) is 0. The zero-order valence-corrected chi connectivity index (χ0v) is 16.8. The molecule has 4 N–H and O–H groups in total. The predicted octanol–water partition coefficient (Wildman–Crippen LogP) is 2.63. The van der Waals surface area contributed by atoms with Crippen LogP contribution in [0.5, 0.6) is 0 Å². The van der Waals surface area contributed by atoms with Crippen LogP contribution in [0, 0.1) is 11.3 Å². The van der Waals surface area contributed by atoms with Crippen LogP contribution in [0.3, 0.4) is 0 Å². The summed E-state index contributed by atoms with van der Waals surface area (Å²) in [6.45, 7) is 5.91. The number of fused-ring (bicyclic) bond motifs is 1. The Balaban J connectivity index is 2.16. The number of benzene rings is 1. The zero-order chi connectivity index (χ0) is 21.8. The van der Waals surface area contributed by atoms with Gasteiger partial charge in [-0.3, -0.25) is 14.5 Å². The summed E-state index contributed by atoms with van der Waals surface area (Å²) < 4.78 is 0. The van der Waals surface area contributed by atoms with Crippen molar-refractivity contribution in [2.24, 2.45) is 11.3 Å². The summed E-state index contributed by atoms with van der Waals surface area (Å²) in [4.78, 5) is 48.4. The Kier molecular flexibility index (Phi) is 6.84. The van der Waals surface area contributed by atoms with Crippen molar-refractivity contribution in [3.63, 3.8) is 0 Å². The number of carboxylic acid groups (broad SMARTS) is 2. The van der Waals surface area contributed by atoms with Gasteiger partial charge in [0.05, 0.1) is 11.1 Å². The van der Waals surface area contributed by atoms with Gasteiger partial charge in [0.1, 0.15) is 0 Å². The minimum absolute atomic E-state index is 0.0730. The molecule has 1 unspecified atom stereocenters. The lowest BCUT2D eigenvalue weighted by Gasteiger charge is -2.34. The summed E-state index contributed by atoms with van der Waals surface area (Å²) in [5, 5.41) is 22.6. The molecule has 0 radical (unpaired) electrons. The van der Waals surface area contributed by atoms with Gasteiger partial charge in [0, 0.05) is 19.1 Å². The van der Waals surface area contributed by atoms with Crippen LogP contribution in [0.15, 0.2) is 24.3 Å². The van der Waals surface area contributed by atoms with E-state index in [0.29, 0.717) is 24.0 Å². The van der Waals surface area contributed by atoms with Gasteiger partial charge in [0.15, 0.2) is 0 Å². The lowest BCUT2D eigenvalue weighted by molar-refractivity contribution is 0.0595. The fourth-order valence-corrected chi connectivity index (χ4v) is 3.67. The van der Waals surface area contributed by atoms with E-state index < -0.39 is 18.2 Å². The van der Waals surface area contributed by atoms with Crippen LogP contribution < -0.4 is 10.6 Å². The van der Waals surface area contributed by atoms with Gasteiger partial charge in [0.25, 0.3) is 11.8 Å². The van der Waals surface area contributed by atoms with Gasteiger partial charge >= 0.3 is 12.2 Å². The summed E-state index contributed by atoms with van der Waals surface area (Å²) in [6, 6.07) is 6.08. The second kappa shape index (κ2) is 8.93. The smallest absolute Gasteiger partial charge is 0.404 e. The number of rotatable bonds is 9. The van der Waals surface area contributed by atoms with E-state index in [0.717, 1.165) is 0 Å². The quantitative estimate of drug-likeness (QED) is 0.466. The topological polar surface area (TPSA) is 136 Å². The van der Waals surface area contributed by atoms with Gasteiger partial charge in [-0.25, -0.2) is 9.59 Å². The molecule has 0 fully saturated rings. The molecule has 1 aliphatic heterocycles. The first-order valence-corrected chi connectivity index (χ1v) is 9.43. The van der Waals surface area contributed by atoms with E-state index in [2.05, 4.69) is 10.6 Å². The molecule has 4 amide bonds. The highest BCUT2D eigenvalue weighted by Gasteiger charge is 2.38. The molecule has 0 aliphatic carbocycles. The van der Waals surface area contributed by atoms with E-state index in [1.165, 1.54) is 4.90 Å². The lowest BCUT2D eigenvalue weighted by Crippen LogP contribution is -2.46. The van der Waals surface area contributed by atoms with E-state index in [4.69, 9.17) is 10.2 Å². The summed E-state index contributed by atoms with van der Waals surface area (Å²) in [5.74, 6) is -1.11. The van der Waals surface area contributed by atoms with Crippen molar-refractivity contribution in [1.82, 2.24) is 15.5 Å². The molecular formula is C20H27N3O6. The van der Waals surface area contributed by atoms with Gasteiger partial charge in [-0.05, 0) is 43.2 Å². The molecule has 158 valence electrons. The molecule has 0 bridgehead atoms. The van der Waals surface area contributed by atoms with Crippen LogP contribution in [0.25, 0.3) is 0 Å². The standard InChI is InChI=1S/C20H27N3O6/c1-12(22-19(28)29)13(10-20(2,3)8-9-21-18(26)27)11-23-16(24)14-6-4-5-7-15(14)17(23)25/h4-7,12-13,21-22H,8-11H2,1-3H3,(H,26,27)(H,28,29)/t12-,13?/m1/s1. The molecule has 1 aromatic rings. The fraction of sp³-hybridized carbons (Fsp3) is 0.500. The van der Waals surface area contributed by atoms with Gasteiger partial charge in [-0.2, -0.15) is 0 Å². The van der Waals surface area contributed by atoms with Gasteiger partial charge in [-0.1, -0.05) is 26.0 Å². The van der Waals surface area contributed by atoms with E-state index >= 15 is 0 Å². The first kappa shape index (κ1) is 22.2. The Morgan fingerprint density at radius 1 is 1.07 bits per heavy atom. The predicted molar refractivity (Wildman–Crippen MR) is 105 cm³/mol. The third kappa shape index (κ3) is 5.69. The van der Waals surface area contributed by atoms with Crippen LogP contribution in [-0.2, 0) is 0 Å². The SMILES string of the molecule is C[C@@H](NC(=O)O)C(CN1C(=O)c2ccccc2C1=O)CC(C)(C)CCNC(=O)O. The van der Waals surface area contributed by atoms with Crippen LogP contribution in [-0.4, -0.2) is 58.2 Å². The molecule has 29 heavy (non-hydrogen) atoms. The lowest BCUT2D eigenvalue weighted by atomic mass is 9.77. The summed E-state index contributed by atoms with van der Waals surface area (Å²) in [6.07, 6.45) is -1.28. The number of imide groups is 1. The molecule has 1 heterocycles. The van der Waals surface area contributed by atoms with E-state index in [1.807, 2.05) is 13.8 Å². The number of carbonyl (C=O) groups is 4. The Labute approximate surface area is 169 Å². The Bertz CT molecular complexity index is 772. The molecule has 2 atom stereocenters. The largest absolute Gasteiger partial charge is 0.465 e. The van der Waals surface area contributed by atoms with Crippen molar-refractivity contribution in [3.05, 3.63) is 35.4 Å². The van der Waals surface area contributed by atoms with Crippen LogP contribution in [0.4, 0.5) is 9.59 Å². The second-order valence-corrected chi connectivity index (χ2v) is 8.12. The van der Waals surface area contributed by atoms with Crippen LogP contribution in [0.2, 0.25) is 0 Å². The minimum atomic E-state index is -1.18. The highest BCUT2D eigenvalue weighted by molar-refractivity contribution is 6.21. The van der Waals surface area contributed by atoms with E-state index in [1.54, 1.807) is 31.2 Å². The first-order chi connectivity index (χ1) is 13.5. The maximum absolute atomic E-state index is 12.7. The molecule has 1 aliphatic rings. The number of hydrogen-bond acceptors (Lipinski definition) is 4. The minimum Gasteiger partial charge on any atom is -0.465 e. The van der Waals surface area contributed by atoms with Crippen molar-refractivity contribution in [3.8, 4) is 0 Å². The Morgan fingerprint density at radius 3 is 2.10 bits per heavy atom. The third-order valence-corrected chi connectivity index (χ3v) is 5.25. The third-order valence-electron chi connectivity index (χ3n) is 5.25. The number of hydrogen-bond donors (Lipinski definition) is 4. The highest BCUT2D eigenvalue weighted by Crippen LogP contribution is 2.33. The Morgan fingerprint density at radius 2 is 1.62 bits per heavy atom. The normalized spacial score (nSPS) is 15.6. The average Bonchev–Trinajstić information content (AvgIpc) is 2.85. The number of carbonyl (C=O) groups excluding carboxylic acids is 2. The molecule has 0 aromatic heterocycles. The number of nitrogens with zero attached hydrogens (tertiary/aromatic N) is 1. The first-order valence-electron chi connectivity index (χ1n) is 9.43. The van der Waals surface area contributed by atoms with Gasteiger partial charge < -0.3 is 20.8 Å². The van der Waals surface area contributed by atoms with E-state index in [9.17, 15) is 19.2 Å². The zero-order valence-electron chi connectivity index (χ0n) is 16.8. The number of nitrogens with one attached hydrogen (secondary N) is 2. The molecule has 9 heteroatoms. The Hall–Kier alpha value is -3.10. The van der Waals surface area contributed by atoms with Gasteiger partial charge in [-0.15, -0.1) is 0 Å². The summed E-state index contributed by atoms with van der Waals surface area (Å²) >= 11 is 0. The average molecular weight is 405 g/mol. The van der Waals surface area contributed by atoms with E-state index in [-0.39, 0.29) is 36.2 Å². The second-order valence-electron chi connectivity index (χ2n) is 8.12. The van der Waals surface area contributed by atoms with Crippen molar-refractivity contribution in [1.29, 1.82) is 0 Å². The van der Waals surface area contributed by atoms with Crippen molar-refractivity contribution < 1.29 is 29.4 Å². The fourth-order valence-electron chi connectivity index (χ4n) is 3.67. The molecule has 2 rings (SSSR count). The summed E-state index contributed by atoms with van der Waals surface area (Å²) in [5.41, 5.74) is 0.347. The number of amides is 4. The van der Waals surface area contributed by atoms with Crippen LogP contribution in [0.1, 0.15) is 54.3 Å².